The molecule has 0 unspecified atom stereocenters. The van der Waals surface area contributed by atoms with Gasteiger partial charge in [0.15, 0.2) is 5.75 Å². The Morgan fingerprint density at radius 3 is 3.16 bits per heavy atom. The fourth-order valence-electron chi connectivity index (χ4n) is 3.17. The second-order valence-electron chi connectivity index (χ2n) is 5.40. The second kappa shape index (κ2) is 5.63. The van der Waals surface area contributed by atoms with E-state index in [0.717, 1.165) is 35.2 Å². The van der Waals surface area contributed by atoms with Gasteiger partial charge in [-0.15, -0.1) is 0 Å². The Labute approximate surface area is 122 Å². The Bertz CT molecular complexity index is 501. The molecule has 1 aromatic heterocycles. The average molecular weight is 323 g/mol. The Hall–Kier alpha value is -0.870. The number of ether oxygens (including phenoxy) is 1. The van der Waals surface area contributed by atoms with Crippen molar-refractivity contribution in [1.82, 2.24) is 10.3 Å². The Kier molecular flexibility index (Phi) is 3.89. The Balaban J connectivity index is 1.84. The minimum atomic E-state index is 0.771. The van der Waals surface area contributed by atoms with Gasteiger partial charge in [-0.1, -0.05) is 6.08 Å². The van der Waals surface area contributed by atoms with Crippen LogP contribution in [-0.4, -0.2) is 25.2 Å². The van der Waals surface area contributed by atoms with Crippen LogP contribution in [0.5, 0.6) is 5.75 Å². The first-order valence-electron chi connectivity index (χ1n) is 6.87. The highest BCUT2D eigenvalue weighted by Crippen LogP contribution is 2.38. The summed E-state index contributed by atoms with van der Waals surface area (Å²) in [5, 5.41) is 3.51. The van der Waals surface area contributed by atoms with E-state index in [-0.39, 0.29) is 0 Å². The monoisotopic (exact) mass is 322 g/mol. The van der Waals surface area contributed by atoms with Crippen LogP contribution in [0.2, 0.25) is 0 Å². The first kappa shape index (κ1) is 13.1. The van der Waals surface area contributed by atoms with Crippen molar-refractivity contribution >= 4 is 21.5 Å². The fourth-order valence-corrected chi connectivity index (χ4v) is 3.55. The molecular formula is C15H19BrN2O. The molecule has 2 atom stereocenters. The SMILES string of the molecule is COc1cc(C2=CC[C@@H]3CCNC[C@@H]3C2)cnc1Br. The summed E-state index contributed by atoms with van der Waals surface area (Å²) >= 11 is 3.40. The quantitative estimate of drug-likeness (QED) is 0.849. The summed E-state index contributed by atoms with van der Waals surface area (Å²) in [7, 11) is 1.68. The molecule has 1 aliphatic heterocycles. The van der Waals surface area contributed by atoms with Crippen molar-refractivity contribution in [2.75, 3.05) is 20.2 Å². The lowest BCUT2D eigenvalue weighted by atomic mass is 9.75. The molecule has 1 aromatic rings. The Morgan fingerprint density at radius 1 is 1.42 bits per heavy atom. The molecule has 1 aliphatic carbocycles. The zero-order valence-electron chi connectivity index (χ0n) is 11.2. The Morgan fingerprint density at radius 2 is 2.32 bits per heavy atom. The molecule has 19 heavy (non-hydrogen) atoms. The summed E-state index contributed by atoms with van der Waals surface area (Å²) in [6, 6.07) is 2.08. The number of pyridine rings is 1. The summed E-state index contributed by atoms with van der Waals surface area (Å²) in [4.78, 5) is 4.36. The van der Waals surface area contributed by atoms with Gasteiger partial charge in [0, 0.05) is 6.20 Å². The van der Waals surface area contributed by atoms with Crippen LogP contribution >= 0.6 is 15.9 Å². The van der Waals surface area contributed by atoms with E-state index in [1.807, 2.05) is 6.20 Å². The third kappa shape index (κ3) is 2.70. The highest BCUT2D eigenvalue weighted by molar-refractivity contribution is 9.10. The number of rotatable bonds is 2. The van der Waals surface area contributed by atoms with Crippen LogP contribution < -0.4 is 10.1 Å². The van der Waals surface area contributed by atoms with E-state index in [0.29, 0.717) is 0 Å². The summed E-state index contributed by atoms with van der Waals surface area (Å²) in [6.45, 7) is 2.33. The minimum absolute atomic E-state index is 0.771. The first-order chi connectivity index (χ1) is 9.28. The van der Waals surface area contributed by atoms with Gasteiger partial charge in [0.1, 0.15) is 4.60 Å². The van der Waals surface area contributed by atoms with E-state index in [2.05, 4.69) is 38.4 Å². The standard InChI is InChI=1S/C15H19BrN2O/c1-19-14-7-13(9-18-15(14)16)11-3-2-10-4-5-17-8-12(10)6-11/h3,7,9-10,12,17H,2,4-6,8H2,1H3/t10-,12+/m1/s1. The molecule has 2 heterocycles. The molecule has 0 amide bonds. The van der Waals surface area contributed by atoms with E-state index in [1.165, 1.54) is 30.5 Å². The van der Waals surface area contributed by atoms with Crippen LogP contribution in [0, 0.1) is 11.8 Å². The molecule has 2 aliphatic rings. The van der Waals surface area contributed by atoms with Crippen LogP contribution in [0.25, 0.3) is 5.57 Å². The number of fused-ring (bicyclic) bond motifs is 1. The van der Waals surface area contributed by atoms with E-state index in [9.17, 15) is 0 Å². The number of aromatic nitrogens is 1. The predicted octanol–water partition coefficient (Wildman–Crippen LogP) is 3.26. The number of methoxy groups -OCH3 is 1. The predicted molar refractivity (Wildman–Crippen MR) is 80.2 cm³/mol. The fraction of sp³-hybridized carbons (Fsp3) is 0.533. The molecular weight excluding hydrogens is 304 g/mol. The maximum Gasteiger partial charge on any atom is 0.152 e. The van der Waals surface area contributed by atoms with Gasteiger partial charge in [0.2, 0.25) is 0 Å². The van der Waals surface area contributed by atoms with Gasteiger partial charge in [-0.2, -0.15) is 0 Å². The lowest BCUT2D eigenvalue weighted by molar-refractivity contribution is 0.252. The van der Waals surface area contributed by atoms with Gasteiger partial charge in [0.25, 0.3) is 0 Å². The van der Waals surface area contributed by atoms with Crippen LogP contribution in [0.15, 0.2) is 22.9 Å². The van der Waals surface area contributed by atoms with Gasteiger partial charge in [-0.05, 0) is 77.3 Å². The molecule has 0 aromatic carbocycles. The maximum absolute atomic E-state index is 5.33. The molecule has 102 valence electrons. The molecule has 3 nitrogen and oxygen atoms in total. The van der Waals surface area contributed by atoms with Crippen molar-refractivity contribution in [2.45, 2.75) is 19.3 Å². The molecule has 0 saturated carbocycles. The van der Waals surface area contributed by atoms with Crippen LogP contribution in [0.4, 0.5) is 0 Å². The summed E-state index contributed by atoms with van der Waals surface area (Å²) in [5.41, 5.74) is 2.62. The number of halogens is 1. The summed E-state index contributed by atoms with van der Waals surface area (Å²) in [5.74, 6) is 2.46. The minimum Gasteiger partial charge on any atom is -0.494 e. The zero-order chi connectivity index (χ0) is 13.2. The van der Waals surface area contributed by atoms with Gasteiger partial charge < -0.3 is 10.1 Å². The van der Waals surface area contributed by atoms with Crippen molar-refractivity contribution in [1.29, 1.82) is 0 Å². The number of piperidine rings is 1. The molecule has 1 N–H and O–H groups in total. The van der Waals surface area contributed by atoms with Crippen molar-refractivity contribution in [3.63, 3.8) is 0 Å². The molecule has 4 heteroatoms. The smallest absolute Gasteiger partial charge is 0.152 e. The second-order valence-corrected chi connectivity index (χ2v) is 6.15. The van der Waals surface area contributed by atoms with Gasteiger partial charge in [-0.3, -0.25) is 0 Å². The van der Waals surface area contributed by atoms with E-state index in [4.69, 9.17) is 4.74 Å². The highest BCUT2D eigenvalue weighted by atomic mass is 79.9. The zero-order valence-corrected chi connectivity index (χ0v) is 12.7. The van der Waals surface area contributed by atoms with E-state index in [1.54, 1.807) is 7.11 Å². The third-order valence-electron chi connectivity index (χ3n) is 4.31. The number of hydrogen-bond acceptors (Lipinski definition) is 3. The molecule has 0 spiro atoms. The summed E-state index contributed by atoms with van der Waals surface area (Å²) < 4.78 is 6.10. The van der Waals surface area contributed by atoms with Crippen LogP contribution in [0.1, 0.15) is 24.8 Å². The first-order valence-corrected chi connectivity index (χ1v) is 7.67. The van der Waals surface area contributed by atoms with Crippen molar-refractivity contribution in [3.05, 3.63) is 28.5 Å². The van der Waals surface area contributed by atoms with E-state index >= 15 is 0 Å². The van der Waals surface area contributed by atoms with Gasteiger partial charge in [-0.25, -0.2) is 4.98 Å². The van der Waals surface area contributed by atoms with E-state index < -0.39 is 0 Å². The number of nitrogens with one attached hydrogen (secondary N) is 1. The van der Waals surface area contributed by atoms with Crippen molar-refractivity contribution in [2.24, 2.45) is 11.8 Å². The molecule has 3 rings (SSSR count). The van der Waals surface area contributed by atoms with Crippen molar-refractivity contribution in [3.8, 4) is 5.75 Å². The largest absolute Gasteiger partial charge is 0.494 e. The third-order valence-corrected chi connectivity index (χ3v) is 4.91. The lowest BCUT2D eigenvalue weighted by Crippen LogP contribution is -2.37. The topological polar surface area (TPSA) is 34.1 Å². The van der Waals surface area contributed by atoms with Gasteiger partial charge in [0.05, 0.1) is 7.11 Å². The average Bonchev–Trinajstić information content (AvgIpc) is 2.47. The maximum atomic E-state index is 5.33. The van der Waals surface area contributed by atoms with Crippen LogP contribution in [0.3, 0.4) is 0 Å². The number of hydrogen-bond donors (Lipinski definition) is 1. The number of nitrogens with zero attached hydrogens (tertiary/aromatic N) is 1. The normalized spacial score (nSPS) is 26.5. The van der Waals surface area contributed by atoms with Crippen molar-refractivity contribution < 1.29 is 4.74 Å². The van der Waals surface area contributed by atoms with Gasteiger partial charge >= 0.3 is 0 Å². The van der Waals surface area contributed by atoms with Crippen LogP contribution in [-0.2, 0) is 0 Å². The molecule has 0 bridgehead atoms. The lowest BCUT2D eigenvalue weighted by Gasteiger charge is -2.35. The summed E-state index contributed by atoms with van der Waals surface area (Å²) in [6.07, 6.45) is 8.02. The molecule has 1 fully saturated rings. The molecule has 1 saturated heterocycles. The molecule has 0 radical (unpaired) electrons. The highest BCUT2D eigenvalue weighted by Gasteiger charge is 2.28. The number of allylic oxidation sites excluding steroid dienone is 2.